The van der Waals surface area contributed by atoms with Crippen LogP contribution in [0, 0.1) is 5.41 Å². The molecule has 0 aliphatic carbocycles. The Balaban J connectivity index is 2.36. The van der Waals surface area contributed by atoms with E-state index >= 15 is 0 Å². The molecule has 0 saturated carbocycles. The molecule has 1 nitrogen and oxygen atoms in total. The summed E-state index contributed by atoms with van der Waals surface area (Å²) in [6.07, 6.45) is -0.335. The minimum Gasteiger partial charge on any atom is -0.392 e. The van der Waals surface area contributed by atoms with Gasteiger partial charge in [-0.2, -0.15) is 0 Å². The van der Waals surface area contributed by atoms with Crippen molar-refractivity contribution in [1.29, 1.82) is 0 Å². The molecule has 2 atom stereocenters. The maximum absolute atomic E-state index is 10.4. The lowest BCUT2D eigenvalue weighted by Gasteiger charge is -2.31. The standard InChI is InChI=1S/C17H22O/c1-12(16(18)17(2,3)4)14-10-9-13-7-5-6-8-15(13)11-14/h5-12,16,18H,1-4H3. The van der Waals surface area contributed by atoms with Crippen LogP contribution in [0.25, 0.3) is 10.8 Å². The zero-order valence-electron chi connectivity index (χ0n) is 11.6. The number of aliphatic hydroxyl groups is 1. The molecule has 0 bridgehead atoms. The van der Waals surface area contributed by atoms with Gasteiger partial charge in [-0.05, 0) is 21.8 Å². The zero-order valence-corrected chi connectivity index (χ0v) is 11.6. The number of hydrogen-bond donors (Lipinski definition) is 1. The van der Waals surface area contributed by atoms with Crippen LogP contribution < -0.4 is 0 Å². The summed E-state index contributed by atoms with van der Waals surface area (Å²) in [5.74, 6) is 0.148. The van der Waals surface area contributed by atoms with Crippen LogP contribution in [0.15, 0.2) is 42.5 Å². The van der Waals surface area contributed by atoms with Crippen molar-refractivity contribution in [1.82, 2.24) is 0 Å². The van der Waals surface area contributed by atoms with Crippen molar-refractivity contribution in [2.45, 2.75) is 39.7 Å². The van der Waals surface area contributed by atoms with Crippen molar-refractivity contribution in [2.75, 3.05) is 0 Å². The largest absolute Gasteiger partial charge is 0.392 e. The van der Waals surface area contributed by atoms with E-state index in [1.807, 2.05) is 0 Å². The number of hydrogen-bond acceptors (Lipinski definition) is 1. The maximum Gasteiger partial charge on any atom is 0.0654 e. The Hall–Kier alpha value is -1.34. The number of rotatable bonds is 2. The Kier molecular flexibility index (Phi) is 3.45. The van der Waals surface area contributed by atoms with E-state index in [0.717, 1.165) is 0 Å². The molecule has 18 heavy (non-hydrogen) atoms. The summed E-state index contributed by atoms with van der Waals surface area (Å²) in [5, 5.41) is 12.9. The van der Waals surface area contributed by atoms with Crippen LogP contribution in [-0.2, 0) is 0 Å². The fourth-order valence-corrected chi connectivity index (χ4v) is 2.42. The van der Waals surface area contributed by atoms with Gasteiger partial charge in [-0.25, -0.2) is 0 Å². The fourth-order valence-electron chi connectivity index (χ4n) is 2.42. The van der Waals surface area contributed by atoms with Crippen LogP contribution in [0.5, 0.6) is 0 Å². The second kappa shape index (κ2) is 4.74. The summed E-state index contributed by atoms with van der Waals surface area (Å²) in [4.78, 5) is 0. The lowest BCUT2D eigenvalue weighted by atomic mass is 9.79. The Morgan fingerprint density at radius 3 is 2.17 bits per heavy atom. The smallest absolute Gasteiger partial charge is 0.0654 e. The molecule has 2 unspecified atom stereocenters. The third kappa shape index (κ3) is 2.56. The molecule has 0 spiro atoms. The predicted molar refractivity (Wildman–Crippen MR) is 77.8 cm³/mol. The Morgan fingerprint density at radius 2 is 1.56 bits per heavy atom. The van der Waals surface area contributed by atoms with Gasteiger partial charge < -0.3 is 5.11 Å². The molecule has 96 valence electrons. The van der Waals surface area contributed by atoms with Crippen molar-refractivity contribution in [3.05, 3.63) is 48.0 Å². The molecule has 0 fully saturated rings. The quantitative estimate of drug-likeness (QED) is 0.830. The molecule has 1 N–H and O–H groups in total. The first kappa shape index (κ1) is 13.1. The van der Waals surface area contributed by atoms with Crippen molar-refractivity contribution < 1.29 is 5.11 Å². The number of aliphatic hydroxyl groups excluding tert-OH is 1. The maximum atomic E-state index is 10.4. The van der Waals surface area contributed by atoms with Gasteiger partial charge in [-0.1, -0.05) is 70.2 Å². The molecular formula is C17H22O. The van der Waals surface area contributed by atoms with E-state index in [2.05, 4.69) is 70.2 Å². The SMILES string of the molecule is CC(c1ccc2ccccc2c1)C(O)C(C)(C)C. The third-order valence-electron chi connectivity index (χ3n) is 3.66. The molecule has 0 saturated heterocycles. The molecule has 2 rings (SSSR count). The predicted octanol–water partition coefficient (Wildman–Crippen LogP) is 4.35. The minimum atomic E-state index is -0.335. The van der Waals surface area contributed by atoms with Gasteiger partial charge in [-0.3, -0.25) is 0 Å². The summed E-state index contributed by atoms with van der Waals surface area (Å²) in [6.45, 7) is 8.33. The molecule has 0 aliphatic rings. The molecule has 1 heteroatoms. The van der Waals surface area contributed by atoms with Gasteiger partial charge >= 0.3 is 0 Å². The van der Waals surface area contributed by atoms with Gasteiger partial charge in [0.05, 0.1) is 6.10 Å². The van der Waals surface area contributed by atoms with E-state index in [9.17, 15) is 5.11 Å². The zero-order chi connectivity index (χ0) is 13.3. The van der Waals surface area contributed by atoms with E-state index in [-0.39, 0.29) is 17.4 Å². The molecule has 0 heterocycles. The molecule has 0 aliphatic heterocycles. The number of fused-ring (bicyclic) bond motifs is 1. The Labute approximate surface area is 109 Å². The van der Waals surface area contributed by atoms with Crippen LogP contribution in [0.3, 0.4) is 0 Å². The van der Waals surface area contributed by atoms with Crippen molar-refractivity contribution in [3.8, 4) is 0 Å². The van der Waals surface area contributed by atoms with Gasteiger partial charge in [0.25, 0.3) is 0 Å². The van der Waals surface area contributed by atoms with Gasteiger partial charge in [-0.15, -0.1) is 0 Å². The normalized spacial score (nSPS) is 15.6. The summed E-state index contributed by atoms with van der Waals surface area (Å²) in [5.41, 5.74) is 1.11. The highest BCUT2D eigenvalue weighted by Crippen LogP contribution is 2.32. The van der Waals surface area contributed by atoms with E-state index in [1.54, 1.807) is 0 Å². The second-order valence-electron chi connectivity index (χ2n) is 6.21. The molecular weight excluding hydrogens is 220 g/mol. The van der Waals surface area contributed by atoms with E-state index in [4.69, 9.17) is 0 Å². The van der Waals surface area contributed by atoms with Gasteiger partial charge in [0, 0.05) is 5.92 Å². The van der Waals surface area contributed by atoms with Crippen LogP contribution in [0.1, 0.15) is 39.2 Å². The summed E-state index contributed by atoms with van der Waals surface area (Å²) < 4.78 is 0. The van der Waals surface area contributed by atoms with Crippen LogP contribution in [0.4, 0.5) is 0 Å². The average Bonchev–Trinajstić information content (AvgIpc) is 2.35. The molecule has 2 aromatic carbocycles. The molecule has 0 radical (unpaired) electrons. The molecule has 2 aromatic rings. The van der Waals surface area contributed by atoms with E-state index in [0.29, 0.717) is 0 Å². The highest BCUT2D eigenvalue weighted by atomic mass is 16.3. The van der Waals surface area contributed by atoms with E-state index in [1.165, 1.54) is 16.3 Å². The summed E-state index contributed by atoms with van der Waals surface area (Å²) >= 11 is 0. The summed E-state index contributed by atoms with van der Waals surface area (Å²) in [7, 11) is 0. The highest BCUT2D eigenvalue weighted by Gasteiger charge is 2.28. The second-order valence-corrected chi connectivity index (χ2v) is 6.21. The van der Waals surface area contributed by atoms with Gasteiger partial charge in [0.2, 0.25) is 0 Å². The van der Waals surface area contributed by atoms with Crippen molar-refractivity contribution in [2.24, 2.45) is 5.41 Å². The van der Waals surface area contributed by atoms with Crippen LogP contribution >= 0.6 is 0 Å². The monoisotopic (exact) mass is 242 g/mol. The lowest BCUT2D eigenvalue weighted by molar-refractivity contribution is 0.0435. The lowest BCUT2D eigenvalue weighted by Crippen LogP contribution is -2.31. The average molecular weight is 242 g/mol. The molecule has 0 amide bonds. The molecule has 0 aromatic heterocycles. The van der Waals surface area contributed by atoms with Gasteiger partial charge in [0.1, 0.15) is 0 Å². The third-order valence-corrected chi connectivity index (χ3v) is 3.66. The Bertz CT molecular complexity index is 537. The van der Waals surface area contributed by atoms with Crippen LogP contribution in [-0.4, -0.2) is 11.2 Å². The number of benzene rings is 2. The Morgan fingerprint density at radius 1 is 0.944 bits per heavy atom. The van der Waals surface area contributed by atoms with Crippen molar-refractivity contribution in [3.63, 3.8) is 0 Å². The fraction of sp³-hybridized carbons (Fsp3) is 0.412. The van der Waals surface area contributed by atoms with E-state index < -0.39 is 0 Å². The van der Waals surface area contributed by atoms with Gasteiger partial charge in [0.15, 0.2) is 0 Å². The first-order chi connectivity index (χ1) is 8.39. The summed E-state index contributed by atoms with van der Waals surface area (Å²) in [6, 6.07) is 14.8. The van der Waals surface area contributed by atoms with Crippen molar-refractivity contribution >= 4 is 10.8 Å². The minimum absolute atomic E-state index is 0.0922. The first-order valence-corrected chi connectivity index (χ1v) is 6.56. The highest BCUT2D eigenvalue weighted by molar-refractivity contribution is 5.83. The van der Waals surface area contributed by atoms with Crippen LogP contribution in [0.2, 0.25) is 0 Å². The first-order valence-electron chi connectivity index (χ1n) is 6.56. The topological polar surface area (TPSA) is 20.2 Å².